The summed E-state index contributed by atoms with van der Waals surface area (Å²) in [7, 11) is 0. The van der Waals surface area contributed by atoms with Gasteiger partial charge in [0.15, 0.2) is 0 Å². The summed E-state index contributed by atoms with van der Waals surface area (Å²) in [5.74, 6) is 1.55. The summed E-state index contributed by atoms with van der Waals surface area (Å²) >= 11 is 0. The van der Waals surface area contributed by atoms with Crippen molar-refractivity contribution in [1.82, 2.24) is 20.1 Å². The Balaban J connectivity index is 1.67. The van der Waals surface area contributed by atoms with E-state index < -0.39 is 11.5 Å². The van der Waals surface area contributed by atoms with E-state index in [0.29, 0.717) is 41.3 Å². The highest BCUT2D eigenvalue weighted by Crippen LogP contribution is 2.47. The van der Waals surface area contributed by atoms with Crippen LogP contribution in [0.3, 0.4) is 0 Å². The van der Waals surface area contributed by atoms with Crippen LogP contribution in [0.5, 0.6) is 0 Å². The van der Waals surface area contributed by atoms with Crippen molar-refractivity contribution in [2.24, 2.45) is 5.92 Å². The number of rotatable bonds is 5. The number of nitrogens with one attached hydrogen (secondary N) is 1. The number of hydrogen-bond donors (Lipinski definition) is 2. The lowest BCUT2D eigenvalue weighted by Gasteiger charge is -2.33. The fraction of sp³-hybridized carbons (Fsp3) is 0.385. The summed E-state index contributed by atoms with van der Waals surface area (Å²) in [4.78, 5) is 26.0. The van der Waals surface area contributed by atoms with E-state index in [1.165, 1.54) is 0 Å². The number of aryl methyl sites for hydroxylation is 2. The van der Waals surface area contributed by atoms with Gasteiger partial charge in [0.2, 0.25) is 0 Å². The van der Waals surface area contributed by atoms with E-state index in [0.717, 1.165) is 47.4 Å². The molecule has 0 radical (unpaired) electrons. The zero-order valence-corrected chi connectivity index (χ0v) is 18.8. The van der Waals surface area contributed by atoms with Gasteiger partial charge in [-0.15, -0.1) is 0 Å². The lowest BCUT2D eigenvalue weighted by molar-refractivity contribution is -0.127. The first-order valence-corrected chi connectivity index (χ1v) is 11.6. The van der Waals surface area contributed by atoms with Gasteiger partial charge in [0.05, 0.1) is 28.3 Å². The van der Waals surface area contributed by atoms with E-state index in [9.17, 15) is 9.90 Å². The summed E-state index contributed by atoms with van der Waals surface area (Å²) in [6.07, 6.45) is 5.73. The second-order valence-corrected chi connectivity index (χ2v) is 9.41. The molecule has 2 fully saturated rings. The second kappa shape index (κ2) is 7.35. The minimum absolute atomic E-state index is 0.0667. The minimum atomic E-state index is -1.59. The second-order valence-electron chi connectivity index (χ2n) is 9.41. The maximum absolute atomic E-state index is 13.0. The molecule has 0 saturated heterocycles. The van der Waals surface area contributed by atoms with Crippen molar-refractivity contribution in [2.45, 2.75) is 57.5 Å². The Bertz CT molecular complexity index is 1350. The van der Waals surface area contributed by atoms with E-state index in [-0.39, 0.29) is 5.78 Å². The summed E-state index contributed by atoms with van der Waals surface area (Å²) in [6.45, 7) is 3.79. The predicted molar refractivity (Wildman–Crippen MR) is 123 cm³/mol. The van der Waals surface area contributed by atoms with Crippen LogP contribution < -0.4 is 0 Å². The standard InChI is InChI=1S/C26H26N4O3/c1-14-23(15(2)33-30-14)17-12-19(24-20(13-17)28-25(29-24)16-9-10-16)26(32,18-6-5-7-21(18)31)22-8-3-4-11-27-22/h3-4,8,11-13,16,18,32H,5-7,9-10H2,1-2H3,(H,28,29). The van der Waals surface area contributed by atoms with Crippen molar-refractivity contribution in [3.8, 4) is 11.1 Å². The number of benzene rings is 1. The number of carbonyl (C=O) groups excluding carboxylic acids is 1. The van der Waals surface area contributed by atoms with E-state index in [1.807, 2.05) is 38.1 Å². The van der Waals surface area contributed by atoms with Gasteiger partial charge < -0.3 is 14.6 Å². The predicted octanol–water partition coefficient (Wildman–Crippen LogP) is 4.71. The zero-order chi connectivity index (χ0) is 22.7. The first-order chi connectivity index (χ1) is 16.0. The van der Waals surface area contributed by atoms with Crippen molar-refractivity contribution in [3.05, 3.63) is 65.1 Å². The number of Topliss-reactive ketones (excluding diaryl/α,β-unsaturated/α-hetero) is 1. The monoisotopic (exact) mass is 442 g/mol. The first kappa shape index (κ1) is 20.3. The highest BCUT2D eigenvalue weighted by atomic mass is 16.5. The van der Waals surface area contributed by atoms with Crippen LogP contribution in [0.25, 0.3) is 22.2 Å². The first-order valence-electron chi connectivity index (χ1n) is 11.6. The van der Waals surface area contributed by atoms with Crippen LogP contribution in [0.15, 0.2) is 41.1 Å². The van der Waals surface area contributed by atoms with Crippen LogP contribution >= 0.6 is 0 Å². The molecule has 1 aromatic carbocycles. The Morgan fingerprint density at radius 2 is 2.03 bits per heavy atom. The molecule has 2 aliphatic carbocycles. The topological polar surface area (TPSA) is 105 Å². The molecule has 0 spiro atoms. The highest BCUT2D eigenvalue weighted by molar-refractivity contribution is 5.90. The third kappa shape index (κ3) is 3.14. The van der Waals surface area contributed by atoms with Gasteiger partial charge in [0, 0.05) is 29.7 Å². The Kier molecular flexibility index (Phi) is 4.52. The average Bonchev–Trinajstić information content (AvgIpc) is 3.29. The Morgan fingerprint density at radius 3 is 2.67 bits per heavy atom. The third-order valence-electron chi connectivity index (χ3n) is 7.17. The molecule has 0 bridgehead atoms. The Labute approximate surface area is 191 Å². The molecule has 7 nitrogen and oxygen atoms in total. The maximum atomic E-state index is 13.0. The molecule has 2 N–H and O–H groups in total. The average molecular weight is 443 g/mol. The molecule has 2 aliphatic rings. The normalized spacial score (nSPS) is 20.5. The largest absolute Gasteiger partial charge is 0.378 e. The molecule has 33 heavy (non-hydrogen) atoms. The van der Waals surface area contributed by atoms with Crippen molar-refractivity contribution in [3.63, 3.8) is 0 Å². The highest BCUT2D eigenvalue weighted by Gasteiger charge is 2.48. The van der Waals surface area contributed by atoms with Crippen molar-refractivity contribution >= 4 is 16.8 Å². The smallest absolute Gasteiger partial charge is 0.143 e. The Morgan fingerprint density at radius 1 is 1.18 bits per heavy atom. The number of nitrogens with zero attached hydrogens (tertiary/aromatic N) is 3. The van der Waals surface area contributed by atoms with Gasteiger partial charge in [-0.2, -0.15) is 0 Å². The summed E-state index contributed by atoms with van der Waals surface area (Å²) in [5.41, 5.74) is 3.57. The van der Waals surface area contributed by atoms with E-state index in [4.69, 9.17) is 9.51 Å². The fourth-order valence-electron chi connectivity index (χ4n) is 5.37. The number of ketones is 1. The van der Waals surface area contributed by atoms with Crippen LogP contribution in [-0.4, -0.2) is 31.0 Å². The number of H-pyrrole nitrogens is 1. The fourth-order valence-corrected chi connectivity index (χ4v) is 5.37. The molecule has 3 aromatic heterocycles. The SMILES string of the molecule is Cc1noc(C)c1-c1cc(C(O)(c2ccccn2)C2CCCC2=O)c2nc(C3CC3)[nH]c2c1. The van der Waals surface area contributed by atoms with Gasteiger partial charge >= 0.3 is 0 Å². The van der Waals surface area contributed by atoms with E-state index in [2.05, 4.69) is 15.1 Å². The molecule has 3 heterocycles. The van der Waals surface area contributed by atoms with Gasteiger partial charge in [-0.25, -0.2) is 4.98 Å². The summed E-state index contributed by atoms with van der Waals surface area (Å²) in [6, 6.07) is 9.46. The number of fused-ring (bicyclic) bond motifs is 1. The van der Waals surface area contributed by atoms with Crippen molar-refractivity contribution < 1.29 is 14.4 Å². The van der Waals surface area contributed by atoms with Crippen molar-refractivity contribution in [2.75, 3.05) is 0 Å². The molecule has 0 aliphatic heterocycles. The molecule has 2 saturated carbocycles. The van der Waals surface area contributed by atoms with Crippen LogP contribution in [0.4, 0.5) is 0 Å². The van der Waals surface area contributed by atoms with Gasteiger partial charge in [0.1, 0.15) is 23.0 Å². The number of hydrogen-bond acceptors (Lipinski definition) is 6. The van der Waals surface area contributed by atoms with Crippen molar-refractivity contribution in [1.29, 1.82) is 0 Å². The van der Waals surface area contributed by atoms with E-state index >= 15 is 0 Å². The van der Waals surface area contributed by atoms with E-state index in [1.54, 1.807) is 12.3 Å². The zero-order valence-electron chi connectivity index (χ0n) is 18.8. The van der Waals surface area contributed by atoms with Crippen LogP contribution in [0, 0.1) is 19.8 Å². The number of carbonyl (C=O) groups is 1. The number of aromatic nitrogens is 4. The molecular weight excluding hydrogens is 416 g/mol. The lowest BCUT2D eigenvalue weighted by atomic mass is 9.75. The van der Waals surface area contributed by atoms with Gasteiger partial charge in [-0.3, -0.25) is 9.78 Å². The molecule has 0 amide bonds. The molecule has 2 unspecified atom stereocenters. The number of imidazole rings is 1. The van der Waals surface area contributed by atoms with Gasteiger partial charge in [-0.1, -0.05) is 11.2 Å². The van der Waals surface area contributed by atoms with Crippen LogP contribution in [-0.2, 0) is 10.4 Å². The third-order valence-corrected chi connectivity index (χ3v) is 7.17. The number of pyridine rings is 1. The summed E-state index contributed by atoms with van der Waals surface area (Å²) < 4.78 is 5.44. The molecule has 6 rings (SSSR count). The molecule has 168 valence electrons. The molecular formula is C26H26N4O3. The molecule has 2 atom stereocenters. The molecule has 4 aromatic rings. The molecule has 7 heteroatoms. The lowest BCUT2D eigenvalue weighted by Crippen LogP contribution is -2.39. The Hall–Kier alpha value is -3.32. The quantitative estimate of drug-likeness (QED) is 0.464. The maximum Gasteiger partial charge on any atom is 0.143 e. The van der Waals surface area contributed by atoms with Crippen LogP contribution in [0.2, 0.25) is 0 Å². The number of aromatic amines is 1. The summed E-state index contributed by atoms with van der Waals surface area (Å²) in [5, 5.41) is 16.6. The minimum Gasteiger partial charge on any atom is -0.378 e. The van der Waals surface area contributed by atoms with Gasteiger partial charge in [-0.05, 0) is 69.4 Å². The van der Waals surface area contributed by atoms with Gasteiger partial charge in [0.25, 0.3) is 0 Å². The van der Waals surface area contributed by atoms with Crippen LogP contribution in [0.1, 0.15) is 66.6 Å². The number of aliphatic hydroxyl groups is 1.